The van der Waals surface area contributed by atoms with Crippen LogP contribution in [0.5, 0.6) is 0 Å². The summed E-state index contributed by atoms with van der Waals surface area (Å²) in [4.78, 5) is 36.7. The van der Waals surface area contributed by atoms with Gasteiger partial charge in [0.15, 0.2) is 0 Å². The van der Waals surface area contributed by atoms with Crippen LogP contribution in [-0.2, 0) is 9.59 Å². The Balaban J connectivity index is 1.91. The van der Waals surface area contributed by atoms with Gasteiger partial charge in [-0.15, -0.1) is 0 Å². The van der Waals surface area contributed by atoms with Gasteiger partial charge in [-0.3, -0.25) is 19.8 Å². The molecule has 0 aliphatic carbocycles. The smallest absolute Gasteiger partial charge is 0.331 e. The summed E-state index contributed by atoms with van der Waals surface area (Å²) in [6, 6.07) is 10.3. The molecule has 0 spiro atoms. The molecule has 0 unspecified atom stereocenters. The Morgan fingerprint density at radius 1 is 1.12 bits per heavy atom. The summed E-state index contributed by atoms with van der Waals surface area (Å²) in [5, 5.41) is 2.14. The van der Waals surface area contributed by atoms with Gasteiger partial charge in [0.1, 0.15) is 17.1 Å². The average molecular weight is 389 g/mol. The lowest BCUT2D eigenvalue weighted by Crippen LogP contribution is -2.53. The number of amides is 4. The number of rotatable bonds is 3. The van der Waals surface area contributed by atoms with Crippen LogP contribution in [0, 0.1) is 0 Å². The number of halogens is 1. The number of benzene rings is 1. The molecule has 1 fully saturated rings. The van der Waals surface area contributed by atoms with Crippen molar-refractivity contribution >= 4 is 39.9 Å². The van der Waals surface area contributed by atoms with Gasteiger partial charge in [0.05, 0.1) is 0 Å². The normalized spacial score (nSPS) is 16.7. The van der Waals surface area contributed by atoms with E-state index in [0.717, 1.165) is 14.9 Å². The van der Waals surface area contributed by atoms with Crippen LogP contribution >= 0.6 is 15.9 Å². The SMILES string of the molecule is CCN1C(=O)NC(=O)/C(=C\c2ccc(-c3ccc(Br)cc3)o2)C1=O. The first-order chi connectivity index (χ1) is 11.5. The number of nitrogens with zero attached hydrogens (tertiary/aromatic N) is 1. The van der Waals surface area contributed by atoms with Crippen LogP contribution in [-0.4, -0.2) is 29.3 Å². The number of hydrogen-bond donors (Lipinski definition) is 1. The van der Waals surface area contributed by atoms with E-state index in [4.69, 9.17) is 4.42 Å². The van der Waals surface area contributed by atoms with Gasteiger partial charge in [0.25, 0.3) is 11.8 Å². The van der Waals surface area contributed by atoms with E-state index in [0.29, 0.717) is 11.5 Å². The van der Waals surface area contributed by atoms with E-state index in [9.17, 15) is 14.4 Å². The Bertz CT molecular complexity index is 852. The molecule has 6 nitrogen and oxygen atoms in total. The van der Waals surface area contributed by atoms with Gasteiger partial charge in [-0.05, 0) is 37.3 Å². The molecule has 3 rings (SSSR count). The predicted octanol–water partition coefficient (Wildman–Crippen LogP) is 3.19. The average Bonchev–Trinajstić information content (AvgIpc) is 3.01. The highest BCUT2D eigenvalue weighted by molar-refractivity contribution is 9.10. The van der Waals surface area contributed by atoms with E-state index < -0.39 is 17.8 Å². The van der Waals surface area contributed by atoms with Gasteiger partial charge < -0.3 is 4.42 Å². The first kappa shape index (κ1) is 16.2. The number of hydrogen-bond acceptors (Lipinski definition) is 4. The molecule has 122 valence electrons. The highest BCUT2D eigenvalue weighted by Gasteiger charge is 2.34. The molecule has 1 aliphatic heterocycles. The van der Waals surface area contributed by atoms with Gasteiger partial charge in [-0.1, -0.05) is 28.1 Å². The van der Waals surface area contributed by atoms with Crippen LogP contribution in [0.3, 0.4) is 0 Å². The molecule has 0 bridgehead atoms. The fourth-order valence-electron chi connectivity index (χ4n) is 2.32. The van der Waals surface area contributed by atoms with E-state index in [-0.39, 0.29) is 12.1 Å². The van der Waals surface area contributed by atoms with Crippen LogP contribution in [0.4, 0.5) is 4.79 Å². The summed E-state index contributed by atoms with van der Waals surface area (Å²) in [7, 11) is 0. The fraction of sp³-hybridized carbons (Fsp3) is 0.118. The molecule has 2 heterocycles. The maximum absolute atomic E-state index is 12.2. The summed E-state index contributed by atoms with van der Waals surface area (Å²) in [6.07, 6.45) is 1.34. The molecule has 24 heavy (non-hydrogen) atoms. The number of furan rings is 1. The lowest BCUT2D eigenvalue weighted by molar-refractivity contribution is -0.129. The number of urea groups is 1. The Morgan fingerprint density at radius 2 is 1.83 bits per heavy atom. The molecular formula is C17H13BrN2O4. The third kappa shape index (κ3) is 3.03. The summed E-state index contributed by atoms with van der Waals surface area (Å²) in [5.41, 5.74) is 0.737. The zero-order valence-electron chi connectivity index (χ0n) is 12.7. The van der Waals surface area contributed by atoms with Crippen molar-refractivity contribution in [3.8, 4) is 11.3 Å². The molecule has 7 heteroatoms. The van der Waals surface area contributed by atoms with E-state index in [1.54, 1.807) is 19.1 Å². The summed E-state index contributed by atoms with van der Waals surface area (Å²) in [6.45, 7) is 1.83. The largest absolute Gasteiger partial charge is 0.457 e. The predicted molar refractivity (Wildman–Crippen MR) is 90.7 cm³/mol. The van der Waals surface area contributed by atoms with Gasteiger partial charge in [-0.25, -0.2) is 4.79 Å². The second-order valence-corrected chi connectivity index (χ2v) is 5.99. The minimum absolute atomic E-state index is 0.131. The highest BCUT2D eigenvalue weighted by atomic mass is 79.9. The van der Waals surface area contributed by atoms with Crippen LogP contribution in [0.25, 0.3) is 17.4 Å². The molecule has 1 saturated heterocycles. The third-order valence-electron chi connectivity index (χ3n) is 3.54. The lowest BCUT2D eigenvalue weighted by Gasteiger charge is -2.24. The van der Waals surface area contributed by atoms with Crippen molar-refractivity contribution in [3.05, 3.63) is 52.2 Å². The summed E-state index contributed by atoms with van der Waals surface area (Å²) < 4.78 is 6.63. The lowest BCUT2D eigenvalue weighted by atomic mass is 10.1. The van der Waals surface area contributed by atoms with Gasteiger partial charge >= 0.3 is 6.03 Å². The van der Waals surface area contributed by atoms with Crippen molar-refractivity contribution in [3.63, 3.8) is 0 Å². The zero-order valence-corrected chi connectivity index (χ0v) is 14.3. The standard InChI is InChI=1S/C17H13BrN2O4/c1-2-20-16(22)13(15(21)19-17(20)23)9-12-7-8-14(24-12)10-3-5-11(18)6-4-10/h3-9H,2H2,1H3,(H,19,21,23)/b13-9+. The van der Waals surface area contributed by atoms with Gasteiger partial charge in [0, 0.05) is 16.6 Å². The van der Waals surface area contributed by atoms with Crippen LogP contribution in [0.15, 0.2) is 50.9 Å². The zero-order chi connectivity index (χ0) is 17.3. The molecule has 4 amide bonds. The number of nitrogens with one attached hydrogen (secondary N) is 1. The number of imide groups is 2. The summed E-state index contributed by atoms with van der Waals surface area (Å²) >= 11 is 3.37. The van der Waals surface area contributed by atoms with Crippen LogP contribution in [0.2, 0.25) is 0 Å². The molecule has 1 aromatic heterocycles. The first-order valence-electron chi connectivity index (χ1n) is 7.24. The van der Waals surface area contributed by atoms with Crippen molar-refractivity contribution in [2.24, 2.45) is 0 Å². The number of carbonyl (C=O) groups is 3. The topological polar surface area (TPSA) is 79.6 Å². The van der Waals surface area contributed by atoms with E-state index in [1.807, 2.05) is 24.3 Å². The maximum atomic E-state index is 12.2. The van der Waals surface area contributed by atoms with E-state index in [2.05, 4.69) is 21.2 Å². The monoisotopic (exact) mass is 388 g/mol. The number of likely N-dealkylation sites (N-methyl/N-ethyl adjacent to an activating group) is 1. The van der Waals surface area contributed by atoms with E-state index in [1.165, 1.54) is 6.08 Å². The van der Waals surface area contributed by atoms with Crippen LogP contribution in [0.1, 0.15) is 12.7 Å². The minimum atomic E-state index is -0.726. The molecule has 0 radical (unpaired) electrons. The molecule has 1 N–H and O–H groups in total. The van der Waals surface area contributed by atoms with Gasteiger partial charge in [-0.2, -0.15) is 0 Å². The minimum Gasteiger partial charge on any atom is -0.457 e. The molecular weight excluding hydrogens is 376 g/mol. The molecule has 2 aromatic rings. The first-order valence-corrected chi connectivity index (χ1v) is 8.03. The quantitative estimate of drug-likeness (QED) is 0.646. The molecule has 0 atom stereocenters. The molecule has 1 aromatic carbocycles. The molecule has 0 saturated carbocycles. The van der Waals surface area contributed by atoms with E-state index >= 15 is 0 Å². The fourth-order valence-corrected chi connectivity index (χ4v) is 2.59. The maximum Gasteiger partial charge on any atom is 0.331 e. The number of carbonyl (C=O) groups excluding carboxylic acids is 3. The second-order valence-electron chi connectivity index (χ2n) is 5.08. The van der Waals surface area contributed by atoms with Crippen molar-refractivity contribution in [2.75, 3.05) is 6.54 Å². The van der Waals surface area contributed by atoms with Crippen molar-refractivity contribution in [1.82, 2.24) is 10.2 Å². The van der Waals surface area contributed by atoms with Crippen LogP contribution < -0.4 is 5.32 Å². The van der Waals surface area contributed by atoms with Crippen molar-refractivity contribution < 1.29 is 18.8 Å². The third-order valence-corrected chi connectivity index (χ3v) is 4.07. The Morgan fingerprint density at radius 3 is 2.50 bits per heavy atom. The Kier molecular flexibility index (Phi) is 4.35. The Hall–Kier alpha value is -2.67. The molecule has 1 aliphatic rings. The Labute approximate surface area is 146 Å². The second kappa shape index (κ2) is 6.45. The van der Waals surface area contributed by atoms with Gasteiger partial charge in [0.2, 0.25) is 0 Å². The highest BCUT2D eigenvalue weighted by Crippen LogP contribution is 2.25. The van der Waals surface area contributed by atoms with Crippen molar-refractivity contribution in [1.29, 1.82) is 0 Å². The van der Waals surface area contributed by atoms with Crippen molar-refractivity contribution in [2.45, 2.75) is 6.92 Å². The number of barbiturate groups is 1. The summed E-state index contributed by atoms with van der Waals surface area (Å²) in [5.74, 6) is -0.387.